The summed E-state index contributed by atoms with van der Waals surface area (Å²) < 4.78 is 17.3. The highest BCUT2D eigenvalue weighted by Crippen LogP contribution is 2.32. The summed E-state index contributed by atoms with van der Waals surface area (Å²) in [5.41, 5.74) is 2.73. The van der Waals surface area contributed by atoms with E-state index in [-0.39, 0.29) is 5.75 Å². The number of phenolic OH excluding ortho intramolecular Hbond substituents is 1. The highest BCUT2D eigenvalue weighted by molar-refractivity contribution is 5.71. The predicted molar refractivity (Wildman–Crippen MR) is 99.9 cm³/mol. The molecule has 0 amide bonds. The van der Waals surface area contributed by atoms with E-state index in [4.69, 9.17) is 7.73 Å². The van der Waals surface area contributed by atoms with Gasteiger partial charge in [-0.2, -0.15) is 0 Å². The molecule has 3 rings (SSSR count). The quantitative estimate of drug-likeness (QED) is 0.670. The van der Waals surface area contributed by atoms with Gasteiger partial charge < -0.3 is 5.11 Å². The summed E-state index contributed by atoms with van der Waals surface area (Å²) in [6.45, 7) is 5.65. The maximum absolute atomic E-state index is 10.2. The Hall–Kier alpha value is -2.61. The average Bonchev–Trinajstić information content (AvgIpc) is 2.61. The van der Waals surface area contributed by atoms with Crippen molar-refractivity contribution in [3.05, 3.63) is 72.3 Å². The number of benzene rings is 2. The van der Waals surface area contributed by atoms with Crippen molar-refractivity contribution in [3.8, 4) is 28.3 Å². The molecule has 1 N–H and O–H groups in total. The first-order valence-corrected chi connectivity index (χ1v) is 8.06. The molecule has 0 radical (unpaired) electrons. The third kappa shape index (κ3) is 3.83. The molecule has 24 heavy (non-hydrogen) atoms. The molecule has 0 saturated carbocycles. The molecule has 1 heterocycles. The minimum Gasteiger partial charge on any atom is -0.507 e. The Bertz CT molecular complexity index is 915. The molecule has 0 aliphatic rings. The second-order valence-corrected chi connectivity index (χ2v) is 6.88. The highest BCUT2D eigenvalue weighted by atomic mass is 16.3. The number of rotatable bonds is 3. The zero-order chi connectivity index (χ0) is 18.9. The van der Waals surface area contributed by atoms with Crippen molar-refractivity contribution in [2.45, 2.75) is 27.1 Å². The van der Waals surface area contributed by atoms with E-state index in [2.05, 4.69) is 0 Å². The molecule has 0 unspecified atom stereocenters. The van der Waals surface area contributed by atoms with E-state index in [1.54, 1.807) is 24.3 Å². The van der Waals surface area contributed by atoms with Crippen LogP contribution in [-0.4, -0.2) is 10.1 Å². The molecule has 0 aliphatic heterocycles. The van der Waals surface area contributed by atoms with Gasteiger partial charge in [0.1, 0.15) is 5.75 Å². The number of hydrogen-bond acceptors (Lipinski definition) is 2. The van der Waals surface area contributed by atoms with E-state index in [0.29, 0.717) is 22.5 Å². The molecule has 122 valence electrons. The molecule has 0 aliphatic carbocycles. The van der Waals surface area contributed by atoms with E-state index < -0.39 is 11.8 Å². The lowest BCUT2D eigenvalue weighted by molar-refractivity contribution is 0.411. The number of nitrogens with zero attached hydrogens (tertiary/aromatic N) is 1. The number of hydrogen-bond donors (Lipinski definition) is 1. The summed E-state index contributed by atoms with van der Waals surface area (Å²) in [7, 11) is 0. The van der Waals surface area contributed by atoms with Crippen molar-refractivity contribution in [1.82, 2.24) is 4.98 Å². The van der Waals surface area contributed by atoms with Crippen LogP contribution in [0.4, 0.5) is 0 Å². The Labute approximate surface area is 146 Å². The number of para-hydroxylation sites is 1. The molecule has 2 nitrogen and oxygen atoms in total. The van der Waals surface area contributed by atoms with Gasteiger partial charge in [0.2, 0.25) is 0 Å². The van der Waals surface area contributed by atoms with Gasteiger partial charge in [-0.3, -0.25) is 0 Å². The van der Waals surface area contributed by atoms with Gasteiger partial charge in [0.05, 0.1) is 11.4 Å². The maximum atomic E-state index is 10.2. The highest BCUT2D eigenvalue weighted by Gasteiger charge is 2.15. The van der Waals surface area contributed by atoms with Crippen LogP contribution in [0, 0.1) is 5.41 Å². The second kappa shape index (κ2) is 6.48. The topological polar surface area (TPSA) is 33.1 Å². The average molecular weight is 319 g/mol. The Morgan fingerprint density at radius 1 is 0.917 bits per heavy atom. The van der Waals surface area contributed by atoms with Gasteiger partial charge in [-0.15, -0.1) is 0 Å². The molecule has 1 aromatic heterocycles. The van der Waals surface area contributed by atoms with Crippen LogP contribution in [0.25, 0.3) is 22.5 Å². The van der Waals surface area contributed by atoms with E-state index >= 15 is 0 Å². The van der Waals surface area contributed by atoms with Crippen LogP contribution in [0.2, 0.25) is 0 Å². The molecule has 0 spiro atoms. The lowest BCUT2D eigenvalue weighted by Gasteiger charge is -2.19. The van der Waals surface area contributed by atoms with E-state index in [1.807, 2.05) is 63.2 Å². The van der Waals surface area contributed by atoms with Gasteiger partial charge in [0, 0.05) is 13.9 Å². The van der Waals surface area contributed by atoms with Crippen molar-refractivity contribution in [2.24, 2.45) is 5.41 Å². The fourth-order valence-electron chi connectivity index (χ4n) is 2.62. The molecule has 0 atom stereocenters. The van der Waals surface area contributed by atoms with Gasteiger partial charge in [-0.25, -0.2) is 4.98 Å². The fourth-order valence-corrected chi connectivity index (χ4v) is 2.62. The Kier molecular flexibility index (Phi) is 3.73. The number of pyridine rings is 1. The van der Waals surface area contributed by atoms with Gasteiger partial charge in [-0.05, 0) is 41.6 Å². The molecule has 3 aromatic rings. The third-order valence-electron chi connectivity index (χ3n) is 3.59. The molecule has 0 bridgehead atoms. The lowest BCUT2D eigenvalue weighted by atomic mass is 9.87. The normalized spacial score (nSPS) is 13.3. The van der Waals surface area contributed by atoms with Gasteiger partial charge in [0.25, 0.3) is 0 Å². The van der Waals surface area contributed by atoms with Crippen LogP contribution >= 0.6 is 0 Å². The zero-order valence-corrected chi connectivity index (χ0v) is 14.2. The first-order valence-electron chi connectivity index (χ1n) is 9.06. The summed E-state index contributed by atoms with van der Waals surface area (Å²) in [5.74, 6) is 0.132. The van der Waals surface area contributed by atoms with E-state index in [0.717, 1.165) is 5.56 Å². The van der Waals surface area contributed by atoms with Gasteiger partial charge in [0.15, 0.2) is 0 Å². The van der Waals surface area contributed by atoms with Crippen molar-refractivity contribution < 1.29 is 7.85 Å². The maximum Gasteiger partial charge on any atom is 0.124 e. The number of aromatic nitrogens is 1. The van der Waals surface area contributed by atoms with Crippen LogP contribution in [0.15, 0.2) is 66.7 Å². The summed E-state index contributed by atoms with van der Waals surface area (Å²) in [6, 6.07) is 20.3. The monoisotopic (exact) mass is 319 g/mol. The number of aromatic hydroxyl groups is 1. The van der Waals surface area contributed by atoms with Crippen molar-refractivity contribution in [1.29, 1.82) is 0 Å². The van der Waals surface area contributed by atoms with Gasteiger partial charge in [-0.1, -0.05) is 63.2 Å². The summed E-state index contributed by atoms with van der Waals surface area (Å²) >= 11 is 0. The Balaban J connectivity index is 2.26. The molecular formula is C22H23NO. The zero-order valence-electron chi connectivity index (χ0n) is 16.2. The second-order valence-electron chi connectivity index (χ2n) is 6.88. The van der Waals surface area contributed by atoms with Crippen LogP contribution in [-0.2, 0) is 6.37 Å². The third-order valence-corrected chi connectivity index (χ3v) is 3.59. The fraction of sp³-hybridized carbons (Fsp3) is 0.227. The SMILES string of the molecule is [2H]C([2H])(c1cc(-c2ccccc2)nc(-c2ccccc2O)c1)C(C)(C)C. The van der Waals surface area contributed by atoms with Crippen LogP contribution in [0.5, 0.6) is 5.75 Å². The molecule has 0 saturated heterocycles. The van der Waals surface area contributed by atoms with Crippen molar-refractivity contribution in [3.63, 3.8) is 0 Å². The first kappa shape index (κ1) is 13.8. The minimum absolute atomic E-state index is 0.132. The largest absolute Gasteiger partial charge is 0.507 e. The van der Waals surface area contributed by atoms with E-state index in [9.17, 15) is 5.11 Å². The smallest absolute Gasteiger partial charge is 0.124 e. The Morgan fingerprint density at radius 3 is 2.21 bits per heavy atom. The van der Waals surface area contributed by atoms with Crippen molar-refractivity contribution in [2.75, 3.05) is 0 Å². The lowest BCUT2D eigenvalue weighted by Crippen LogP contribution is -2.09. The van der Waals surface area contributed by atoms with E-state index in [1.165, 1.54) is 0 Å². The standard InChI is InChI=1S/C22H23NO/c1-22(2,3)15-16-13-19(17-9-5-4-6-10-17)23-20(14-16)18-11-7-8-12-21(18)24/h4-14,24H,15H2,1-3H3/i15D2. The molecule has 0 fully saturated rings. The summed E-state index contributed by atoms with van der Waals surface area (Å²) in [6.07, 6.45) is -1.56. The molecule has 2 heteroatoms. The first-order chi connectivity index (χ1) is 12.2. The Morgan fingerprint density at radius 2 is 1.54 bits per heavy atom. The summed E-state index contributed by atoms with van der Waals surface area (Å²) in [5, 5.41) is 10.2. The van der Waals surface area contributed by atoms with Gasteiger partial charge >= 0.3 is 0 Å². The molecule has 2 aromatic carbocycles. The minimum atomic E-state index is -1.56. The van der Waals surface area contributed by atoms with Crippen LogP contribution in [0.3, 0.4) is 0 Å². The van der Waals surface area contributed by atoms with Crippen LogP contribution < -0.4 is 0 Å². The number of phenols is 1. The van der Waals surface area contributed by atoms with Crippen molar-refractivity contribution >= 4 is 0 Å². The summed E-state index contributed by atoms with van der Waals surface area (Å²) in [4.78, 5) is 4.70. The molecular weight excluding hydrogens is 294 g/mol. The predicted octanol–water partition coefficient (Wildman–Crippen LogP) is 5.71. The van der Waals surface area contributed by atoms with Crippen LogP contribution in [0.1, 0.15) is 29.1 Å².